The van der Waals surface area contributed by atoms with Crippen molar-refractivity contribution in [1.29, 1.82) is 0 Å². The molecule has 0 saturated carbocycles. The number of benzene rings is 1. The molecule has 1 unspecified atom stereocenters. The SMILES string of the molecule is CCCc1ccccc1NC(C)C(=O)N1CCCCCC1. The minimum Gasteiger partial charge on any atom is -0.374 e. The first-order chi connectivity index (χ1) is 10.2. The molecule has 1 aliphatic heterocycles. The smallest absolute Gasteiger partial charge is 0.244 e. The van der Waals surface area contributed by atoms with Gasteiger partial charge in [-0.05, 0) is 37.8 Å². The number of nitrogens with one attached hydrogen (secondary N) is 1. The Bertz CT molecular complexity index is 450. The molecular weight excluding hydrogens is 260 g/mol. The van der Waals surface area contributed by atoms with Crippen molar-refractivity contribution in [1.82, 2.24) is 4.90 Å². The number of rotatable bonds is 5. The van der Waals surface area contributed by atoms with Crippen LogP contribution in [0.25, 0.3) is 0 Å². The Morgan fingerprint density at radius 2 is 1.86 bits per heavy atom. The summed E-state index contributed by atoms with van der Waals surface area (Å²) in [5.74, 6) is 0.239. The maximum Gasteiger partial charge on any atom is 0.244 e. The van der Waals surface area contributed by atoms with Crippen LogP contribution in [-0.4, -0.2) is 29.9 Å². The summed E-state index contributed by atoms with van der Waals surface area (Å²) in [5, 5.41) is 3.42. The van der Waals surface area contributed by atoms with Crippen LogP contribution in [0.15, 0.2) is 24.3 Å². The molecule has 0 spiro atoms. The second-order valence-corrected chi connectivity index (χ2v) is 6.01. The third-order valence-corrected chi connectivity index (χ3v) is 4.20. The summed E-state index contributed by atoms with van der Waals surface area (Å²) in [7, 11) is 0. The van der Waals surface area contributed by atoms with E-state index in [0.717, 1.165) is 44.5 Å². The molecule has 3 nitrogen and oxygen atoms in total. The van der Waals surface area contributed by atoms with E-state index in [1.807, 2.05) is 17.9 Å². The van der Waals surface area contributed by atoms with Crippen LogP contribution in [0.2, 0.25) is 0 Å². The molecule has 1 aliphatic rings. The van der Waals surface area contributed by atoms with Crippen LogP contribution in [0.3, 0.4) is 0 Å². The van der Waals surface area contributed by atoms with Crippen molar-refractivity contribution >= 4 is 11.6 Å². The normalized spacial score (nSPS) is 17.1. The largest absolute Gasteiger partial charge is 0.374 e. The van der Waals surface area contributed by atoms with E-state index in [1.54, 1.807) is 0 Å². The zero-order chi connectivity index (χ0) is 15.1. The van der Waals surface area contributed by atoms with Gasteiger partial charge in [-0.15, -0.1) is 0 Å². The lowest BCUT2D eigenvalue weighted by Gasteiger charge is -2.26. The van der Waals surface area contributed by atoms with Crippen molar-refractivity contribution in [2.45, 2.75) is 58.4 Å². The number of anilines is 1. The first kappa shape index (κ1) is 15.9. The molecule has 1 saturated heterocycles. The summed E-state index contributed by atoms with van der Waals surface area (Å²) in [6.45, 7) is 6.00. The fourth-order valence-electron chi connectivity index (χ4n) is 3.01. The molecule has 2 rings (SSSR count). The number of likely N-dealkylation sites (tertiary alicyclic amines) is 1. The summed E-state index contributed by atoms with van der Waals surface area (Å²) in [6.07, 6.45) is 6.96. The number of para-hydroxylation sites is 1. The summed E-state index contributed by atoms with van der Waals surface area (Å²) >= 11 is 0. The maximum absolute atomic E-state index is 12.6. The fourth-order valence-corrected chi connectivity index (χ4v) is 3.01. The quantitative estimate of drug-likeness (QED) is 0.892. The average molecular weight is 288 g/mol. The van der Waals surface area contributed by atoms with Crippen LogP contribution in [0.4, 0.5) is 5.69 Å². The van der Waals surface area contributed by atoms with Gasteiger partial charge in [0.15, 0.2) is 0 Å². The molecule has 0 aliphatic carbocycles. The molecule has 1 amide bonds. The van der Waals surface area contributed by atoms with E-state index in [0.29, 0.717) is 0 Å². The number of hydrogen-bond donors (Lipinski definition) is 1. The Morgan fingerprint density at radius 1 is 1.19 bits per heavy atom. The highest BCUT2D eigenvalue weighted by Crippen LogP contribution is 2.19. The number of carbonyl (C=O) groups excluding carboxylic acids is 1. The second-order valence-electron chi connectivity index (χ2n) is 6.01. The van der Waals surface area contributed by atoms with E-state index in [-0.39, 0.29) is 11.9 Å². The van der Waals surface area contributed by atoms with Gasteiger partial charge in [-0.25, -0.2) is 0 Å². The van der Waals surface area contributed by atoms with Gasteiger partial charge in [0, 0.05) is 18.8 Å². The minimum atomic E-state index is -0.152. The summed E-state index contributed by atoms with van der Waals surface area (Å²) in [6, 6.07) is 8.18. The maximum atomic E-state index is 12.6. The van der Waals surface area contributed by atoms with Crippen LogP contribution < -0.4 is 5.32 Å². The molecule has 116 valence electrons. The molecule has 3 heteroatoms. The molecule has 1 atom stereocenters. The predicted molar refractivity (Wildman–Crippen MR) is 88.6 cm³/mol. The van der Waals surface area contributed by atoms with E-state index in [1.165, 1.54) is 18.4 Å². The average Bonchev–Trinajstić information content (AvgIpc) is 2.78. The molecule has 1 N–H and O–H groups in total. The Labute approximate surface area is 128 Å². The molecule has 1 heterocycles. The third kappa shape index (κ3) is 4.48. The lowest BCUT2D eigenvalue weighted by molar-refractivity contribution is -0.131. The third-order valence-electron chi connectivity index (χ3n) is 4.20. The standard InChI is InChI=1S/C18H28N2O/c1-3-10-16-11-6-7-12-17(16)19-15(2)18(21)20-13-8-4-5-9-14-20/h6-7,11-12,15,19H,3-5,8-10,13-14H2,1-2H3. The van der Waals surface area contributed by atoms with Crippen LogP contribution >= 0.6 is 0 Å². The molecule has 0 aromatic heterocycles. The van der Waals surface area contributed by atoms with E-state index in [9.17, 15) is 4.79 Å². The minimum absolute atomic E-state index is 0.152. The van der Waals surface area contributed by atoms with Gasteiger partial charge in [-0.3, -0.25) is 4.79 Å². The highest BCUT2D eigenvalue weighted by molar-refractivity contribution is 5.84. The molecule has 1 aromatic rings. The van der Waals surface area contributed by atoms with Crippen molar-refractivity contribution in [2.75, 3.05) is 18.4 Å². The summed E-state index contributed by atoms with van der Waals surface area (Å²) in [5.41, 5.74) is 2.41. The summed E-state index contributed by atoms with van der Waals surface area (Å²) in [4.78, 5) is 14.6. The van der Waals surface area contributed by atoms with Crippen molar-refractivity contribution < 1.29 is 4.79 Å². The molecule has 1 fully saturated rings. The lowest BCUT2D eigenvalue weighted by atomic mass is 10.1. The number of amides is 1. The number of aryl methyl sites for hydroxylation is 1. The van der Waals surface area contributed by atoms with E-state index in [2.05, 4.69) is 30.4 Å². The van der Waals surface area contributed by atoms with Gasteiger partial charge in [-0.2, -0.15) is 0 Å². The van der Waals surface area contributed by atoms with Crippen LogP contribution in [0.1, 0.15) is 51.5 Å². The van der Waals surface area contributed by atoms with Gasteiger partial charge < -0.3 is 10.2 Å². The molecule has 21 heavy (non-hydrogen) atoms. The fraction of sp³-hybridized carbons (Fsp3) is 0.611. The first-order valence-electron chi connectivity index (χ1n) is 8.35. The topological polar surface area (TPSA) is 32.3 Å². The number of nitrogens with zero attached hydrogens (tertiary/aromatic N) is 1. The van der Waals surface area contributed by atoms with Crippen LogP contribution in [-0.2, 0) is 11.2 Å². The Kier molecular flexibility index (Phi) is 6.09. The second kappa shape index (κ2) is 8.06. The monoisotopic (exact) mass is 288 g/mol. The van der Waals surface area contributed by atoms with Gasteiger partial charge >= 0.3 is 0 Å². The van der Waals surface area contributed by atoms with Gasteiger partial charge in [0.05, 0.1) is 0 Å². The Balaban J connectivity index is 1.99. The first-order valence-corrected chi connectivity index (χ1v) is 8.35. The van der Waals surface area contributed by atoms with Crippen LogP contribution in [0, 0.1) is 0 Å². The molecule has 0 radical (unpaired) electrons. The summed E-state index contributed by atoms with van der Waals surface area (Å²) < 4.78 is 0. The predicted octanol–water partition coefficient (Wildman–Crippen LogP) is 3.84. The van der Waals surface area contributed by atoms with Gasteiger partial charge in [-0.1, -0.05) is 44.4 Å². The van der Waals surface area contributed by atoms with Crippen molar-refractivity contribution in [3.05, 3.63) is 29.8 Å². The van der Waals surface area contributed by atoms with E-state index < -0.39 is 0 Å². The van der Waals surface area contributed by atoms with Crippen molar-refractivity contribution in [2.24, 2.45) is 0 Å². The lowest BCUT2D eigenvalue weighted by Crippen LogP contribution is -2.42. The number of hydrogen-bond acceptors (Lipinski definition) is 2. The number of carbonyl (C=O) groups is 1. The van der Waals surface area contributed by atoms with Crippen molar-refractivity contribution in [3.63, 3.8) is 0 Å². The zero-order valence-electron chi connectivity index (χ0n) is 13.4. The van der Waals surface area contributed by atoms with Crippen molar-refractivity contribution in [3.8, 4) is 0 Å². The molecule has 1 aromatic carbocycles. The van der Waals surface area contributed by atoms with Gasteiger partial charge in [0.1, 0.15) is 6.04 Å². The molecule has 0 bridgehead atoms. The molecular formula is C18H28N2O. The van der Waals surface area contributed by atoms with Gasteiger partial charge in [0.2, 0.25) is 5.91 Å². The Morgan fingerprint density at radius 3 is 2.52 bits per heavy atom. The highest BCUT2D eigenvalue weighted by atomic mass is 16.2. The highest BCUT2D eigenvalue weighted by Gasteiger charge is 2.21. The van der Waals surface area contributed by atoms with Crippen LogP contribution in [0.5, 0.6) is 0 Å². The zero-order valence-corrected chi connectivity index (χ0v) is 13.4. The van der Waals surface area contributed by atoms with E-state index in [4.69, 9.17) is 0 Å². The van der Waals surface area contributed by atoms with Gasteiger partial charge in [0.25, 0.3) is 0 Å². The van der Waals surface area contributed by atoms with E-state index >= 15 is 0 Å². The Hall–Kier alpha value is -1.51.